The van der Waals surface area contributed by atoms with Crippen LogP contribution in [0.15, 0.2) is 48.9 Å². The number of ether oxygens (including phenoxy) is 1. The molecule has 1 aromatic carbocycles. The monoisotopic (exact) mass is 600 g/mol. The zero-order valence-corrected chi connectivity index (χ0v) is 25.0. The van der Waals surface area contributed by atoms with Gasteiger partial charge in [-0.05, 0) is 47.7 Å². The topological polar surface area (TPSA) is 94.7 Å². The number of rotatable bonds is 6. The Morgan fingerprint density at radius 2 is 1.80 bits per heavy atom. The van der Waals surface area contributed by atoms with E-state index in [9.17, 15) is 14.0 Å². The number of carbonyl (C=O) groups excluding carboxylic acids is 2. The van der Waals surface area contributed by atoms with Crippen molar-refractivity contribution in [2.75, 3.05) is 51.3 Å². The molecule has 0 radical (unpaired) electrons. The number of piperazine rings is 1. The third-order valence-corrected chi connectivity index (χ3v) is 8.51. The van der Waals surface area contributed by atoms with Crippen LogP contribution in [-0.2, 0) is 11.2 Å². The predicted molar refractivity (Wildman–Crippen MR) is 165 cm³/mol. The van der Waals surface area contributed by atoms with Crippen LogP contribution in [0, 0.1) is 11.6 Å². The minimum atomic E-state index is -0.465. The Bertz CT molecular complexity index is 1780. The summed E-state index contributed by atoms with van der Waals surface area (Å²) >= 11 is 0. The average molecular weight is 601 g/mol. The van der Waals surface area contributed by atoms with Gasteiger partial charge in [-0.15, -0.1) is 0 Å². The summed E-state index contributed by atoms with van der Waals surface area (Å²) in [5.41, 5.74) is 4.87. The molecule has 1 N–H and O–H groups in total. The van der Waals surface area contributed by atoms with Crippen LogP contribution in [0.2, 0.25) is 0 Å². The maximum atomic E-state index is 16.4. The quantitative estimate of drug-likeness (QED) is 0.332. The van der Waals surface area contributed by atoms with E-state index in [1.165, 1.54) is 20.1 Å². The first-order valence-electron chi connectivity index (χ1n) is 14.8. The second-order valence-corrected chi connectivity index (χ2v) is 11.1. The van der Waals surface area contributed by atoms with Crippen LogP contribution in [0.3, 0.4) is 0 Å². The Kier molecular flexibility index (Phi) is 8.03. The van der Waals surface area contributed by atoms with E-state index in [0.717, 1.165) is 34.9 Å². The molecule has 5 heterocycles. The lowest BCUT2D eigenvalue weighted by Gasteiger charge is -2.36. The number of methoxy groups -OCH3 is 1. The second-order valence-electron chi connectivity index (χ2n) is 11.1. The van der Waals surface area contributed by atoms with Gasteiger partial charge in [-0.25, -0.2) is 13.8 Å². The van der Waals surface area contributed by atoms with E-state index in [4.69, 9.17) is 4.74 Å². The Labute approximate surface area is 254 Å². The van der Waals surface area contributed by atoms with E-state index in [1.54, 1.807) is 28.3 Å². The van der Waals surface area contributed by atoms with Gasteiger partial charge >= 0.3 is 0 Å². The molecule has 0 atom stereocenters. The lowest BCUT2D eigenvalue weighted by Crippen LogP contribution is -2.49. The normalized spacial score (nSPS) is 15.5. The van der Waals surface area contributed by atoms with Gasteiger partial charge in [-0.1, -0.05) is 13.0 Å². The summed E-state index contributed by atoms with van der Waals surface area (Å²) in [7, 11) is 1.48. The second kappa shape index (κ2) is 12.1. The molecule has 44 heavy (non-hydrogen) atoms. The average Bonchev–Trinajstić information content (AvgIpc) is 3.51. The van der Waals surface area contributed by atoms with Crippen molar-refractivity contribution in [3.8, 4) is 17.0 Å². The molecule has 2 aliphatic heterocycles. The van der Waals surface area contributed by atoms with Gasteiger partial charge in [-0.3, -0.25) is 14.6 Å². The number of anilines is 1. The number of nitrogens with zero attached hydrogens (tertiary/aromatic N) is 5. The Morgan fingerprint density at radius 1 is 1.00 bits per heavy atom. The highest BCUT2D eigenvalue weighted by atomic mass is 19.1. The standard InChI is InChI=1S/C33H34F2N6O3/c1-4-21-7-8-36-18-27(21)25-15-24(22-6-5-9-41(19-22)20(2)42)30(35)31-26(25)16-28(38-31)33(43)40-12-10-39(11-13-40)29-14-23(34)17-37-32(29)44-3/h6-8,14-18,38H,4-5,9-13,19H2,1-3H3. The summed E-state index contributed by atoms with van der Waals surface area (Å²) < 4.78 is 35.6. The largest absolute Gasteiger partial charge is 0.480 e. The van der Waals surface area contributed by atoms with Gasteiger partial charge in [0.1, 0.15) is 17.2 Å². The molecule has 11 heteroatoms. The summed E-state index contributed by atoms with van der Waals surface area (Å²) in [5.74, 6) is -0.914. The molecule has 0 spiro atoms. The first-order valence-corrected chi connectivity index (χ1v) is 14.8. The summed E-state index contributed by atoms with van der Waals surface area (Å²) in [6, 6.07) is 6.87. The van der Waals surface area contributed by atoms with Crippen LogP contribution in [0.1, 0.15) is 41.9 Å². The molecule has 2 amide bonds. The van der Waals surface area contributed by atoms with Gasteiger partial charge in [0.05, 0.1) is 18.8 Å². The highest BCUT2D eigenvalue weighted by molar-refractivity contribution is 6.05. The van der Waals surface area contributed by atoms with Crippen molar-refractivity contribution in [2.24, 2.45) is 0 Å². The summed E-state index contributed by atoms with van der Waals surface area (Å²) in [6.45, 7) is 6.14. The van der Waals surface area contributed by atoms with Crippen LogP contribution < -0.4 is 9.64 Å². The number of amides is 2. The summed E-state index contributed by atoms with van der Waals surface area (Å²) in [5, 5.41) is 0.589. The van der Waals surface area contributed by atoms with Crippen molar-refractivity contribution in [3.05, 3.63) is 77.4 Å². The number of carbonyl (C=O) groups is 2. The SMILES string of the molecule is CCc1ccncc1-c1cc(C2=CCCN(C(C)=O)C2)c(F)c2[nH]c(C(=O)N3CCN(c4cc(F)cnc4OC)CC3)cc12. The minimum absolute atomic E-state index is 0.0576. The molecule has 6 rings (SSSR count). The number of aromatic amines is 1. The molecule has 0 unspecified atom stereocenters. The maximum absolute atomic E-state index is 16.4. The van der Waals surface area contributed by atoms with Gasteiger partial charge in [0, 0.05) is 81.2 Å². The molecule has 3 aromatic heterocycles. The van der Waals surface area contributed by atoms with Gasteiger partial charge in [0.2, 0.25) is 11.8 Å². The number of pyridine rings is 2. The highest BCUT2D eigenvalue weighted by Gasteiger charge is 2.28. The van der Waals surface area contributed by atoms with E-state index >= 15 is 4.39 Å². The number of nitrogens with one attached hydrogen (secondary N) is 1. The van der Waals surface area contributed by atoms with Crippen molar-refractivity contribution < 1.29 is 23.1 Å². The molecular formula is C33H34F2N6O3. The number of H-pyrrole nitrogens is 1. The number of fused-ring (bicyclic) bond motifs is 1. The minimum Gasteiger partial charge on any atom is -0.480 e. The third kappa shape index (κ3) is 5.38. The summed E-state index contributed by atoms with van der Waals surface area (Å²) in [6.07, 6.45) is 7.98. The van der Waals surface area contributed by atoms with Gasteiger partial charge in [-0.2, -0.15) is 0 Å². The third-order valence-electron chi connectivity index (χ3n) is 8.51. The van der Waals surface area contributed by atoms with Crippen LogP contribution in [-0.4, -0.2) is 82.9 Å². The number of halogens is 2. The van der Waals surface area contributed by atoms with Gasteiger partial charge < -0.3 is 24.4 Å². The fourth-order valence-corrected chi connectivity index (χ4v) is 6.13. The Balaban J connectivity index is 1.36. The Morgan fingerprint density at radius 3 is 2.52 bits per heavy atom. The molecule has 228 valence electrons. The van der Waals surface area contributed by atoms with Crippen molar-refractivity contribution in [2.45, 2.75) is 26.7 Å². The molecule has 0 bridgehead atoms. The molecule has 9 nitrogen and oxygen atoms in total. The van der Waals surface area contributed by atoms with Crippen molar-refractivity contribution in [1.82, 2.24) is 24.8 Å². The fourth-order valence-electron chi connectivity index (χ4n) is 6.13. The molecule has 0 saturated carbocycles. The van der Waals surface area contributed by atoms with Gasteiger partial charge in [0.25, 0.3) is 5.91 Å². The van der Waals surface area contributed by atoms with Gasteiger partial charge in [0.15, 0.2) is 5.82 Å². The van der Waals surface area contributed by atoms with Crippen molar-refractivity contribution >= 4 is 34.0 Å². The van der Waals surface area contributed by atoms with E-state index in [2.05, 4.69) is 21.9 Å². The number of aryl methyl sites for hydroxylation is 1. The lowest BCUT2D eigenvalue weighted by atomic mass is 9.91. The smallest absolute Gasteiger partial charge is 0.270 e. The summed E-state index contributed by atoms with van der Waals surface area (Å²) in [4.78, 5) is 42.7. The molecule has 1 saturated heterocycles. The van der Waals surface area contributed by atoms with E-state index in [0.29, 0.717) is 68.2 Å². The lowest BCUT2D eigenvalue weighted by molar-refractivity contribution is -0.128. The highest BCUT2D eigenvalue weighted by Crippen LogP contribution is 2.38. The van der Waals surface area contributed by atoms with Crippen LogP contribution in [0.4, 0.5) is 14.5 Å². The van der Waals surface area contributed by atoms with Crippen LogP contribution in [0.5, 0.6) is 5.88 Å². The number of hydrogen-bond donors (Lipinski definition) is 1. The molecule has 0 aliphatic carbocycles. The maximum Gasteiger partial charge on any atom is 0.270 e. The number of aromatic nitrogens is 3. The molecular weight excluding hydrogens is 566 g/mol. The van der Waals surface area contributed by atoms with Crippen LogP contribution >= 0.6 is 0 Å². The predicted octanol–water partition coefficient (Wildman–Crippen LogP) is 5.07. The van der Waals surface area contributed by atoms with E-state index in [1.807, 2.05) is 23.1 Å². The van der Waals surface area contributed by atoms with E-state index in [-0.39, 0.29) is 23.0 Å². The molecule has 1 fully saturated rings. The van der Waals surface area contributed by atoms with Crippen LogP contribution in [0.25, 0.3) is 27.6 Å². The van der Waals surface area contributed by atoms with Crippen molar-refractivity contribution in [3.63, 3.8) is 0 Å². The zero-order valence-electron chi connectivity index (χ0n) is 25.0. The number of benzene rings is 1. The molecule has 2 aliphatic rings. The first kappa shape index (κ1) is 29.3. The Hall–Kier alpha value is -4.80. The van der Waals surface area contributed by atoms with Crippen molar-refractivity contribution in [1.29, 1.82) is 0 Å². The first-order chi connectivity index (χ1) is 21.3. The van der Waals surface area contributed by atoms with E-state index < -0.39 is 11.6 Å². The fraction of sp³-hybridized carbons (Fsp3) is 0.333. The number of hydrogen-bond acceptors (Lipinski definition) is 6. The zero-order chi connectivity index (χ0) is 31.0. The molecule has 4 aromatic rings.